The van der Waals surface area contributed by atoms with Crippen LogP contribution in [0.15, 0.2) is 53.5 Å². The Labute approximate surface area is 176 Å². The van der Waals surface area contributed by atoms with Gasteiger partial charge in [-0.25, -0.2) is 4.99 Å². The SMILES string of the molecule is Cc1cc(N=C2NN(c3ccc(C(C)(C)C)cc3)C(C=O)c3cc(N)ccc32)n[nH]1. The van der Waals surface area contributed by atoms with Crippen LogP contribution in [0.3, 0.4) is 0 Å². The maximum atomic E-state index is 12.1. The molecule has 4 N–H and O–H groups in total. The van der Waals surface area contributed by atoms with Crippen LogP contribution >= 0.6 is 0 Å². The molecule has 154 valence electrons. The molecule has 1 unspecified atom stereocenters. The molecule has 1 aliphatic heterocycles. The second-order valence-electron chi connectivity index (χ2n) is 8.58. The molecule has 0 aliphatic carbocycles. The van der Waals surface area contributed by atoms with Crippen LogP contribution in [-0.2, 0) is 10.2 Å². The molecule has 7 heteroatoms. The average molecular weight is 403 g/mol. The monoisotopic (exact) mass is 402 g/mol. The number of nitrogens with two attached hydrogens (primary N) is 1. The molecule has 0 saturated heterocycles. The third-order valence-electron chi connectivity index (χ3n) is 5.21. The summed E-state index contributed by atoms with van der Waals surface area (Å²) in [5, 5.41) is 8.93. The topological polar surface area (TPSA) is 99.4 Å². The van der Waals surface area contributed by atoms with Crippen LogP contribution in [0, 0.1) is 6.92 Å². The van der Waals surface area contributed by atoms with Gasteiger partial charge < -0.3 is 10.5 Å². The van der Waals surface area contributed by atoms with E-state index in [9.17, 15) is 4.79 Å². The predicted octanol–water partition coefficient (Wildman–Crippen LogP) is 3.94. The van der Waals surface area contributed by atoms with Gasteiger partial charge in [0.2, 0.25) is 0 Å². The molecule has 0 spiro atoms. The van der Waals surface area contributed by atoms with Gasteiger partial charge in [-0.05, 0) is 53.8 Å². The zero-order valence-electron chi connectivity index (χ0n) is 17.6. The Morgan fingerprint density at radius 1 is 1.13 bits per heavy atom. The quantitative estimate of drug-likeness (QED) is 0.455. The number of fused-ring (bicyclic) bond motifs is 1. The molecule has 0 saturated carbocycles. The Balaban J connectivity index is 1.81. The van der Waals surface area contributed by atoms with Gasteiger partial charge in [0.15, 0.2) is 11.7 Å². The first-order valence-electron chi connectivity index (χ1n) is 9.88. The lowest BCUT2D eigenvalue weighted by atomic mass is 9.87. The zero-order chi connectivity index (χ0) is 21.5. The molecule has 0 amide bonds. The lowest BCUT2D eigenvalue weighted by Gasteiger charge is -2.37. The van der Waals surface area contributed by atoms with Gasteiger partial charge in [-0.15, -0.1) is 0 Å². The number of aliphatic imine (C=N–C) groups is 1. The molecule has 1 aromatic heterocycles. The number of benzene rings is 2. The van der Waals surface area contributed by atoms with Gasteiger partial charge in [0.25, 0.3) is 0 Å². The highest BCUT2D eigenvalue weighted by Crippen LogP contribution is 2.33. The summed E-state index contributed by atoms with van der Waals surface area (Å²) in [6, 6.07) is 15.0. The summed E-state index contributed by atoms with van der Waals surface area (Å²) in [5.74, 6) is 1.17. The number of aryl methyl sites for hydroxylation is 1. The fraction of sp³-hybridized carbons (Fsp3) is 0.261. The maximum absolute atomic E-state index is 12.1. The number of aromatic amines is 1. The Bertz CT molecular complexity index is 1110. The number of carbonyl (C=O) groups is 1. The van der Waals surface area contributed by atoms with Gasteiger partial charge in [0.05, 0.1) is 5.69 Å². The number of nitrogen functional groups attached to an aromatic ring is 1. The van der Waals surface area contributed by atoms with Crippen LogP contribution in [0.2, 0.25) is 0 Å². The smallest absolute Gasteiger partial charge is 0.176 e. The van der Waals surface area contributed by atoms with Crippen LogP contribution < -0.4 is 16.2 Å². The van der Waals surface area contributed by atoms with Crippen LogP contribution in [-0.4, -0.2) is 22.3 Å². The van der Waals surface area contributed by atoms with Gasteiger partial charge in [0.1, 0.15) is 12.3 Å². The number of aldehydes is 1. The Kier molecular flexibility index (Phi) is 4.81. The molecule has 30 heavy (non-hydrogen) atoms. The van der Waals surface area contributed by atoms with E-state index >= 15 is 0 Å². The first kappa shape index (κ1) is 19.7. The number of hydrogen-bond acceptors (Lipinski definition) is 5. The van der Waals surface area contributed by atoms with E-state index in [0.29, 0.717) is 17.3 Å². The van der Waals surface area contributed by atoms with E-state index in [2.05, 4.69) is 53.5 Å². The fourth-order valence-corrected chi connectivity index (χ4v) is 3.57. The van der Waals surface area contributed by atoms with Gasteiger partial charge >= 0.3 is 0 Å². The molecule has 0 radical (unpaired) electrons. The molecule has 2 heterocycles. The number of nitrogens with zero attached hydrogens (tertiary/aromatic N) is 3. The zero-order valence-corrected chi connectivity index (χ0v) is 17.6. The van der Waals surface area contributed by atoms with Crippen molar-refractivity contribution in [1.82, 2.24) is 15.6 Å². The Morgan fingerprint density at radius 2 is 1.87 bits per heavy atom. The summed E-state index contributed by atoms with van der Waals surface area (Å²) in [6.07, 6.45) is 0.915. The third-order valence-corrected chi connectivity index (χ3v) is 5.21. The van der Waals surface area contributed by atoms with Crippen molar-refractivity contribution >= 4 is 29.3 Å². The van der Waals surface area contributed by atoms with Gasteiger partial charge in [0, 0.05) is 23.0 Å². The maximum Gasteiger partial charge on any atom is 0.176 e. The second-order valence-corrected chi connectivity index (χ2v) is 8.58. The number of rotatable bonds is 3. The minimum Gasteiger partial charge on any atom is -0.399 e. The summed E-state index contributed by atoms with van der Waals surface area (Å²) in [6.45, 7) is 8.44. The number of hydrogen-bond donors (Lipinski definition) is 3. The van der Waals surface area contributed by atoms with Crippen LogP contribution in [0.1, 0.15) is 49.2 Å². The number of carbonyl (C=O) groups excluding carboxylic acids is 1. The fourth-order valence-electron chi connectivity index (χ4n) is 3.57. The first-order chi connectivity index (χ1) is 14.3. The van der Waals surface area contributed by atoms with Crippen LogP contribution in [0.4, 0.5) is 17.2 Å². The number of hydrazine groups is 1. The van der Waals surface area contributed by atoms with E-state index in [1.165, 1.54) is 5.56 Å². The van der Waals surface area contributed by atoms with Crippen molar-refractivity contribution in [3.63, 3.8) is 0 Å². The highest BCUT2D eigenvalue weighted by atomic mass is 16.1. The second kappa shape index (κ2) is 7.33. The lowest BCUT2D eigenvalue weighted by Crippen LogP contribution is -2.50. The molecule has 1 aliphatic rings. The molecule has 7 nitrogen and oxygen atoms in total. The highest BCUT2D eigenvalue weighted by molar-refractivity contribution is 6.05. The summed E-state index contributed by atoms with van der Waals surface area (Å²) < 4.78 is 0. The summed E-state index contributed by atoms with van der Waals surface area (Å²) in [4.78, 5) is 16.8. The van der Waals surface area contributed by atoms with Crippen molar-refractivity contribution in [3.05, 3.63) is 70.9 Å². The number of nitrogens with one attached hydrogen (secondary N) is 2. The van der Waals surface area contributed by atoms with E-state index in [1.807, 2.05) is 48.3 Å². The van der Waals surface area contributed by atoms with Gasteiger partial charge in [-0.2, -0.15) is 5.10 Å². The predicted molar refractivity (Wildman–Crippen MR) is 120 cm³/mol. The highest BCUT2D eigenvalue weighted by Gasteiger charge is 2.31. The molecule has 0 bridgehead atoms. The first-order valence-corrected chi connectivity index (χ1v) is 9.88. The minimum absolute atomic E-state index is 0.0450. The van der Waals surface area contributed by atoms with E-state index < -0.39 is 6.04 Å². The van der Waals surface area contributed by atoms with Crippen molar-refractivity contribution in [2.24, 2.45) is 4.99 Å². The Morgan fingerprint density at radius 3 is 2.47 bits per heavy atom. The van der Waals surface area contributed by atoms with Crippen molar-refractivity contribution in [1.29, 1.82) is 0 Å². The summed E-state index contributed by atoms with van der Waals surface area (Å²) in [7, 11) is 0. The third kappa shape index (κ3) is 3.66. The number of H-pyrrole nitrogens is 1. The molecule has 4 rings (SSSR count). The molecular weight excluding hydrogens is 376 g/mol. The van der Waals surface area contributed by atoms with E-state index in [0.717, 1.165) is 28.8 Å². The number of aromatic nitrogens is 2. The normalized spacial score (nSPS) is 17.5. The molecule has 0 fully saturated rings. The number of amidine groups is 1. The molecular formula is C23H26N6O. The van der Waals surface area contributed by atoms with E-state index in [-0.39, 0.29) is 5.41 Å². The molecule has 3 aromatic rings. The summed E-state index contributed by atoms with van der Waals surface area (Å²) >= 11 is 0. The van der Waals surface area contributed by atoms with Gasteiger partial charge in [-0.1, -0.05) is 32.9 Å². The largest absolute Gasteiger partial charge is 0.399 e. The standard InChI is InChI=1S/C23H26N6O/c1-14-11-21(27-26-14)25-22-18-10-7-16(24)12-19(18)20(13-30)29(28-22)17-8-5-15(6-9-17)23(2,3)4/h5-13,20H,24H2,1-4H3,(H2,25,26,27,28). The van der Waals surface area contributed by atoms with Crippen LogP contribution in [0.25, 0.3) is 0 Å². The number of anilines is 2. The summed E-state index contributed by atoms with van der Waals surface area (Å²) in [5.41, 5.74) is 14.6. The van der Waals surface area contributed by atoms with Crippen molar-refractivity contribution in [3.8, 4) is 0 Å². The van der Waals surface area contributed by atoms with Crippen molar-refractivity contribution in [2.45, 2.75) is 39.2 Å². The molecule has 2 aromatic carbocycles. The van der Waals surface area contributed by atoms with Gasteiger partial charge in [-0.3, -0.25) is 15.5 Å². The van der Waals surface area contributed by atoms with Crippen molar-refractivity contribution < 1.29 is 4.79 Å². The van der Waals surface area contributed by atoms with Crippen molar-refractivity contribution in [2.75, 3.05) is 10.7 Å². The van der Waals surface area contributed by atoms with E-state index in [1.54, 1.807) is 0 Å². The minimum atomic E-state index is -0.538. The van der Waals surface area contributed by atoms with Crippen LogP contribution in [0.5, 0.6) is 0 Å². The molecule has 1 atom stereocenters. The Hall–Kier alpha value is -3.61. The van der Waals surface area contributed by atoms with E-state index in [4.69, 9.17) is 5.73 Å². The average Bonchev–Trinajstić information content (AvgIpc) is 3.11. The lowest BCUT2D eigenvalue weighted by molar-refractivity contribution is -0.109.